The van der Waals surface area contributed by atoms with E-state index in [1.807, 2.05) is 24.3 Å². The van der Waals surface area contributed by atoms with E-state index in [1.54, 1.807) is 23.1 Å². The normalized spacial score (nSPS) is 23.8. The number of nitrogens with one attached hydrogen (secondary N) is 2. The fourth-order valence-corrected chi connectivity index (χ4v) is 5.30. The first-order chi connectivity index (χ1) is 19.5. The molecule has 0 spiro atoms. The highest BCUT2D eigenvalue weighted by Gasteiger charge is 2.40. The van der Waals surface area contributed by atoms with Gasteiger partial charge in [0.2, 0.25) is 5.91 Å². The van der Waals surface area contributed by atoms with Crippen molar-refractivity contribution in [3.8, 4) is 17.2 Å². The highest BCUT2D eigenvalue weighted by molar-refractivity contribution is 5.95. The van der Waals surface area contributed by atoms with Crippen LogP contribution in [0.2, 0.25) is 0 Å². The molecule has 5 aliphatic rings. The molecule has 3 fully saturated rings. The Kier molecular flexibility index (Phi) is 7.77. The monoisotopic (exact) mass is 549 g/mol. The number of nitrogens with zero attached hydrogens (tertiary/aromatic N) is 1. The van der Waals surface area contributed by atoms with Crippen molar-refractivity contribution >= 4 is 17.7 Å². The summed E-state index contributed by atoms with van der Waals surface area (Å²) >= 11 is 0. The minimum Gasteiger partial charge on any atom is -0.493 e. The van der Waals surface area contributed by atoms with Crippen LogP contribution < -0.4 is 24.8 Å². The second kappa shape index (κ2) is 11.8. The van der Waals surface area contributed by atoms with Crippen molar-refractivity contribution in [2.24, 2.45) is 11.8 Å². The molecule has 0 aromatic heterocycles. The van der Waals surface area contributed by atoms with E-state index in [4.69, 9.17) is 18.9 Å². The van der Waals surface area contributed by atoms with Gasteiger partial charge in [-0.05, 0) is 61.4 Å². The van der Waals surface area contributed by atoms with Gasteiger partial charge in [-0.3, -0.25) is 14.4 Å². The van der Waals surface area contributed by atoms with Crippen LogP contribution in [-0.4, -0.2) is 74.3 Å². The molecule has 1 aliphatic carbocycles. The van der Waals surface area contributed by atoms with Gasteiger partial charge in [0, 0.05) is 43.9 Å². The van der Waals surface area contributed by atoms with Crippen LogP contribution in [0.25, 0.3) is 0 Å². The van der Waals surface area contributed by atoms with Crippen molar-refractivity contribution in [2.45, 2.75) is 44.4 Å². The predicted octanol–water partition coefficient (Wildman–Crippen LogP) is 2.30. The standard InChI is InChI=1S/C30H35N3O7/c34-28-18-39-25-12-22(11-24(13-25)38-17-20-1-2-20)29(35)32-26-15-33(30(36)21-7-9-37-10-8-21)16-27(26)40-23-5-3-19(4-6-23)14-31-28/h3-6,11-13,20-21,26-27H,1-2,7-10,14-18H2,(H,31,34)(H,32,35)/t26-,27-/m0/s1. The summed E-state index contributed by atoms with van der Waals surface area (Å²) in [7, 11) is 0. The fraction of sp³-hybridized carbons (Fsp3) is 0.500. The first-order valence-electron chi connectivity index (χ1n) is 14.1. The summed E-state index contributed by atoms with van der Waals surface area (Å²) in [5.41, 5.74) is 1.26. The third kappa shape index (κ3) is 6.50. The van der Waals surface area contributed by atoms with E-state index in [9.17, 15) is 14.4 Å². The van der Waals surface area contributed by atoms with Gasteiger partial charge in [0.1, 0.15) is 23.4 Å². The van der Waals surface area contributed by atoms with Crippen LogP contribution >= 0.6 is 0 Å². The fourth-order valence-electron chi connectivity index (χ4n) is 5.30. The van der Waals surface area contributed by atoms with Crippen LogP contribution in [0.1, 0.15) is 41.6 Å². The molecular weight excluding hydrogens is 514 g/mol. The summed E-state index contributed by atoms with van der Waals surface area (Å²) in [4.78, 5) is 41.1. The zero-order chi connectivity index (χ0) is 27.5. The Morgan fingerprint density at radius 3 is 2.55 bits per heavy atom. The minimum absolute atomic E-state index is 0.0769. The number of benzene rings is 2. The molecule has 4 heterocycles. The number of rotatable bonds is 4. The van der Waals surface area contributed by atoms with Gasteiger partial charge in [-0.2, -0.15) is 0 Å². The highest BCUT2D eigenvalue weighted by Crippen LogP contribution is 2.31. The van der Waals surface area contributed by atoms with Crippen molar-refractivity contribution in [3.63, 3.8) is 0 Å². The lowest BCUT2D eigenvalue weighted by Crippen LogP contribution is -2.45. The lowest BCUT2D eigenvalue weighted by Gasteiger charge is -2.26. The Labute approximate surface area is 233 Å². The van der Waals surface area contributed by atoms with Crippen LogP contribution in [0.4, 0.5) is 0 Å². The van der Waals surface area contributed by atoms with Crippen molar-refractivity contribution in [2.75, 3.05) is 39.5 Å². The Balaban J connectivity index is 1.26. The van der Waals surface area contributed by atoms with Crippen LogP contribution in [0.5, 0.6) is 17.2 Å². The quantitative estimate of drug-likeness (QED) is 0.602. The van der Waals surface area contributed by atoms with Gasteiger partial charge in [0.25, 0.3) is 11.8 Å². The maximum Gasteiger partial charge on any atom is 0.258 e. The number of amides is 3. The van der Waals surface area contributed by atoms with Crippen LogP contribution in [0.3, 0.4) is 0 Å². The van der Waals surface area contributed by atoms with E-state index in [0.29, 0.717) is 81.0 Å². The van der Waals surface area contributed by atoms with Crippen molar-refractivity contribution < 1.29 is 33.3 Å². The van der Waals surface area contributed by atoms with Crippen molar-refractivity contribution in [1.29, 1.82) is 0 Å². The molecule has 2 N–H and O–H groups in total. The molecule has 0 unspecified atom stereocenters. The molecule has 4 aliphatic heterocycles. The molecule has 212 valence electrons. The number of carbonyl (C=O) groups excluding carboxylic acids is 3. The molecule has 10 heteroatoms. The molecule has 4 bridgehead atoms. The maximum absolute atomic E-state index is 13.6. The Morgan fingerprint density at radius 2 is 1.77 bits per heavy atom. The number of hydrogen-bond acceptors (Lipinski definition) is 7. The number of hydrogen-bond donors (Lipinski definition) is 2. The average Bonchev–Trinajstić information content (AvgIpc) is 3.74. The van der Waals surface area contributed by atoms with Gasteiger partial charge in [0.05, 0.1) is 19.2 Å². The lowest BCUT2D eigenvalue weighted by atomic mass is 9.99. The molecule has 40 heavy (non-hydrogen) atoms. The van der Waals surface area contributed by atoms with Gasteiger partial charge in [-0.25, -0.2) is 0 Å². The third-order valence-corrected chi connectivity index (χ3v) is 7.86. The highest BCUT2D eigenvalue weighted by atomic mass is 16.5. The first kappa shape index (κ1) is 26.4. The molecular formula is C30H35N3O7. The first-order valence-corrected chi connectivity index (χ1v) is 14.1. The van der Waals surface area contributed by atoms with E-state index >= 15 is 0 Å². The summed E-state index contributed by atoms with van der Waals surface area (Å²) in [6, 6.07) is 12.0. The average molecular weight is 550 g/mol. The summed E-state index contributed by atoms with van der Waals surface area (Å²) in [5, 5.41) is 5.95. The Morgan fingerprint density at radius 1 is 0.975 bits per heavy atom. The molecule has 2 aromatic rings. The van der Waals surface area contributed by atoms with Crippen LogP contribution in [-0.2, 0) is 20.9 Å². The summed E-state index contributed by atoms with van der Waals surface area (Å²) in [5.74, 6) is 1.44. The SMILES string of the molecule is O=C1COc2cc(OCC3CC3)cc(c2)C(=O)N[C@H]2CN(C(=O)C3CCOCC3)C[C@@H]2Oc2ccc(cc2)CN1. The topological polar surface area (TPSA) is 115 Å². The van der Waals surface area contributed by atoms with Gasteiger partial charge in [-0.15, -0.1) is 0 Å². The number of likely N-dealkylation sites (tertiary alicyclic amines) is 1. The smallest absolute Gasteiger partial charge is 0.258 e. The van der Waals surface area contributed by atoms with Gasteiger partial charge >= 0.3 is 0 Å². The summed E-state index contributed by atoms with van der Waals surface area (Å²) < 4.78 is 23.5. The van der Waals surface area contributed by atoms with E-state index in [0.717, 1.165) is 18.4 Å². The van der Waals surface area contributed by atoms with E-state index in [1.165, 1.54) is 0 Å². The molecule has 10 nitrogen and oxygen atoms in total. The molecule has 2 atom stereocenters. The largest absolute Gasteiger partial charge is 0.493 e. The van der Waals surface area contributed by atoms with E-state index in [2.05, 4.69) is 10.6 Å². The Bertz CT molecular complexity index is 1240. The second-order valence-electron chi connectivity index (χ2n) is 11.0. The molecule has 2 saturated heterocycles. The Hall–Kier alpha value is -3.79. The zero-order valence-corrected chi connectivity index (χ0v) is 22.4. The molecule has 2 aromatic carbocycles. The van der Waals surface area contributed by atoms with Crippen molar-refractivity contribution in [3.05, 3.63) is 53.6 Å². The van der Waals surface area contributed by atoms with E-state index < -0.39 is 12.1 Å². The molecule has 3 amide bonds. The second-order valence-corrected chi connectivity index (χ2v) is 11.0. The predicted molar refractivity (Wildman–Crippen MR) is 144 cm³/mol. The minimum atomic E-state index is -0.431. The third-order valence-electron chi connectivity index (χ3n) is 7.86. The van der Waals surface area contributed by atoms with Gasteiger partial charge in [-0.1, -0.05) is 12.1 Å². The summed E-state index contributed by atoms with van der Waals surface area (Å²) in [6.45, 7) is 2.62. The number of ether oxygens (including phenoxy) is 4. The van der Waals surface area contributed by atoms with Crippen molar-refractivity contribution in [1.82, 2.24) is 15.5 Å². The molecule has 0 radical (unpaired) electrons. The van der Waals surface area contributed by atoms with E-state index in [-0.39, 0.29) is 30.2 Å². The maximum atomic E-state index is 13.6. The number of fused-ring (bicyclic) bond motifs is 7. The lowest BCUT2D eigenvalue weighted by molar-refractivity contribution is -0.137. The van der Waals surface area contributed by atoms with Gasteiger partial charge in [0.15, 0.2) is 6.61 Å². The van der Waals surface area contributed by atoms with Gasteiger partial charge < -0.3 is 34.5 Å². The molecule has 1 saturated carbocycles. The van der Waals surface area contributed by atoms with Crippen LogP contribution in [0.15, 0.2) is 42.5 Å². The molecule has 7 rings (SSSR count). The number of carbonyl (C=O) groups is 3. The zero-order valence-electron chi connectivity index (χ0n) is 22.4. The van der Waals surface area contributed by atoms with Crippen LogP contribution in [0, 0.1) is 11.8 Å². The summed E-state index contributed by atoms with van der Waals surface area (Å²) in [6.07, 6.45) is 3.24.